The number of hydrogen-bond acceptors (Lipinski definition) is 7. The van der Waals surface area contributed by atoms with Crippen LogP contribution in [0.2, 0.25) is 0 Å². The summed E-state index contributed by atoms with van der Waals surface area (Å²) in [7, 11) is -4.22. The van der Waals surface area contributed by atoms with Gasteiger partial charge >= 0.3 is 11.9 Å². The number of esters is 2. The van der Waals surface area contributed by atoms with Gasteiger partial charge in [-0.3, -0.25) is 14.4 Å². The number of sulfonamides is 1. The Labute approximate surface area is 213 Å². The second kappa shape index (κ2) is 11.4. The van der Waals surface area contributed by atoms with Crippen LogP contribution in [0.5, 0.6) is 0 Å². The predicted octanol–water partition coefficient (Wildman–Crippen LogP) is 3.41. The molecule has 0 aromatic heterocycles. The highest BCUT2D eigenvalue weighted by atomic mass is 32.2. The normalized spacial score (nSPS) is 13.2. The van der Waals surface area contributed by atoms with E-state index in [1.54, 1.807) is 66.7 Å². The highest BCUT2D eigenvalue weighted by Crippen LogP contribution is 2.22. The van der Waals surface area contributed by atoms with E-state index in [9.17, 15) is 22.8 Å². The summed E-state index contributed by atoms with van der Waals surface area (Å²) in [5.41, 5.74) is -1.71. The van der Waals surface area contributed by atoms with Crippen LogP contribution in [0.25, 0.3) is 10.8 Å². The fraction of sp³-hybridized carbons (Fsp3) is 0.500. The van der Waals surface area contributed by atoms with Gasteiger partial charge in [-0.15, -0.1) is 0 Å². The van der Waals surface area contributed by atoms with E-state index in [1.807, 2.05) is 12.1 Å². The van der Waals surface area contributed by atoms with Crippen LogP contribution < -0.4 is 4.72 Å². The van der Waals surface area contributed by atoms with Crippen molar-refractivity contribution in [1.29, 1.82) is 0 Å². The van der Waals surface area contributed by atoms with E-state index >= 15 is 0 Å². The van der Waals surface area contributed by atoms with Crippen molar-refractivity contribution < 1.29 is 32.3 Å². The van der Waals surface area contributed by atoms with Crippen molar-refractivity contribution in [1.82, 2.24) is 9.62 Å². The van der Waals surface area contributed by atoms with Gasteiger partial charge in [0.25, 0.3) is 0 Å². The number of amides is 1. The van der Waals surface area contributed by atoms with Crippen molar-refractivity contribution in [2.24, 2.45) is 0 Å². The molecule has 0 aliphatic heterocycles. The second-order valence-electron chi connectivity index (χ2n) is 10.4. The molecule has 36 heavy (non-hydrogen) atoms. The van der Waals surface area contributed by atoms with E-state index in [0.29, 0.717) is 5.39 Å². The molecular formula is C26H36N2O7S. The number of ether oxygens (including phenoxy) is 2. The van der Waals surface area contributed by atoms with E-state index < -0.39 is 58.0 Å². The van der Waals surface area contributed by atoms with Gasteiger partial charge in [-0.2, -0.15) is 4.72 Å². The van der Waals surface area contributed by atoms with Gasteiger partial charge in [-0.25, -0.2) is 8.42 Å². The summed E-state index contributed by atoms with van der Waals surface area (Å²) in [6.07, 6.45) is -0.557. The van der Waals surface area contributed by atoms with Crippen molar-refractivity contribution in [2.75, 3.05) is 13.2 Å². The van der Waals surface area contributed by atoms with E-state index in [4.69, 9.17) is 9.47 Å². The van der Waals surface area contributed by atoms with Crippen molar-refractivity contribution >= 4 is 38.6 Å². The fourth-order valence-electron chi connectivity index (χ4n) is 3.49. The van der Waals surface area contributed by atoms with Gasteiger partial charge in [-0.05, 0) is 71.4 Å². The summed E-state index contributed by atoms with van der Waals surface area (Å²) in [4.78, 5) is 39.6. The number of nitrogens with one attached hydrogen (secondary N) is 1. The number of benzene rings is 2. The molecule has 9 nitrogen and oxygen atoms in total. The van der Waals surface area contributed by atoms with Crippen molar-refractivity contribution in [3.05, 3.63) is 42.5 Å². The zero-order chi connectivity index (χ0) is 27.3. The smallest absolute Gasteiger partial charge is 0.325 e. The first-order chi connectivity index (χ1) is 16.5. The molecule has 0 unspecified atom stereocenters. The van der Waals surface area contributed by atoms with E-state index in [0.717, 1.165) is 5.39 Å². The summed E-state index contributed by atoms with van der Waals surface area (Å²) < 4.78 is 39.4. The summed E-state index contributed by atoms with van der Waals surface area (Å²) in [5, 5.41) is 1.56. The third-order valence-electron chi connectivity index (χ3n) is 5.09. The Bertz CT molecular complexity index is 1210. The predicted molar refractivity (Wildman–Crippen MR) is 137 cm³/mol. The van der Waals surface area contributed by atoms with Crippen LogP contribution in [0.3, 0.4) is 0 Å². The lowest BCUT2D eigenvalue weighted by Gasteiger charge is -2.37. The van der Waals surface area contributed by atoms with Crippen LogP contribution in [-0.4, -0.2) is 61.5 Å². The van der Waals surface area contributed by atoms with Crippen LogP contribution >= 0.6 is 0 Å². The summed E-state index contributed by atoms with van der Waals surface area (Å²) >= 11 is 0. The molecule has 1 amide bonds. The molecule has 1 atom stereocenters. The number of nitrogens with zero attached hydrogens (tertiary/aromatic N) is 1. The monoisotopic (exact) mass is 520 g/mol. The van der Waals surface area contributed by atoms with Crippen molar-refractivity contribution in [3.8, 4) is 0 Å². The number of carbonyl (C=O) groups excluding carboxylic acids is 3. The van der Waals surface area contributed by atoms with Crippen LogP contribution in [0.15, 0.2) is 47.4 Å². The molecule has 0 bridgehead atoms. The lowest BCUT2D eigenvalue weighted by Crippen LogP contribution is -2.56. The Kier molecular flexibility index (Phi) is 9.25. The number of rotatable bonds is 9. The molecule has 0 heterocycles. The van der Waals surface area contributed by atoms with Crippen molar-refractivity contribution in [3.63, 3.8) is 0 Å². The Balaban J connectivity index is 2.45. The number of carbonyl (C=O) groups is 3. The topological polar surface area (TPSA) is 119 Å². The zero-order valence-corrected chi connectivity index (χ0v) is 22.8. The van der Waals surface area contributed by atoms with Crippen LogP contribution in [-0.2, 0) is 33.9 Å². The van der Waals surface area contributed by atoms with Gasteiger partial charge in [0.1, 0.15) is 18.2 Å². The molecule has 0 aliphatic carbocycles. The highest BCUT2D eigenvalue weighted by molar-refractivity contribution is 7.89. The average molecular weight is 521 g/mol. The molecule has 2 aromatic carbocycles. The fourth-order valence-corrected chi connectivity index (χ4v) is 4.71. The van der Waals surface area contributed by atoms with Gasteiger partial charge in [0, 0.05) is 5.54 Å². The van der Waals surface area contributed by atoms with Gasteiger partial charge < -0.3 is 14.4 Å². The van der Waals surface area contributed by atoms with Crippen molar-refractivity contribution in [2.45, 2.75) is 77.0 Å². The third-order valence-corrected chi connectivity index (χ3v) is 6.56. The molecule has 1 N–H and O–H groups in total. The first-order valence-electron chi connectivity index (χ1n) is 11.7. The number of fused-ring (bicyclic) bond motifs is 1. The van der Waals surface area contributed by atoms with Gasteiger partial charge in [-0.1, -0.05) is 30.3 Å². The molecule has 2 rings (SSSR count). The maximum Gasteiger partial charge on any atom is 0.325 e. The van der Waals surface area contributed by atoms with Crippen LogP contribution in [0.4, 0.5) is 0 Å². The molecule has 0 spiro atoms. The summed E-state index contributed by atoms with van der Waals surface area (Å²) in [5.74, 6) is -2.15. The molecule has 198 valence electrons. The molecule has 0 saturated carbocycles. The standard InChI is InChI=1S/C26H36N2O7S/c1-8-34-23(30)17-28(25(2,3)4)24(31)21(16-22(29)35-26(5,6)7)27-36(32,33)20-14-13-18-11-9-10-12-19(18)15-20/h9-15,21,27H,8,16-17H2,1-7H3/t21-/m0/s1. The highest BCUT2D eigenvalue weighted by Gasteiger charge is 2.38. The molecule has 0 aliphatic rings. The Hall–Kier alpha value is -2.98. The maximum atomic E-state index is 13.6. The Morgan fingerprint density at radius 3 is 2.11 bits per heavy atom. The van der Waals surface area contributed by atoms with E-state index in [-0.39, 0.29) is 11.5 Å². The van der Waals surface area contributed by atoms with Gasteiger partial charge in [0.2, 0.25) is 15.9 Å². The van der Waals surface area contributed by atoms with Crippen LogP contribution in [0, 0.1) is 0 Å². The first-order valence-corrected chi connectivity index (χ1v) is 13.2. The van der Waals surface area contributed by atoms with Crippen LogP contribution in [0.1, 0.15) is 54.9 Å². The lowest BCUT2D eigenvalue weighted by molar-refractivity contribution is -0.158. The maximum absolute atomic E-state index is 13.6. The molecule has 0 fully saturated rings. The van der Waals surface area contributed by atoms with E-state index in [2.05, 4.69) is 4.72 Å². The largest absolute Gasteiger partial charge is 0.465 e. The number of hydrogen-bond donors (Lipinski definition) is 1. The lowest BCUT2D eigenvalue weighted by atomic mass is 10.0. The zero-order valence-electron chi connectivity index (χ0n) is 22.0. The molecule has 10 heteroatoms. The molecule has 2 aromatic rings. The summed E-state index contributed by atoms with van der Waals surface area (Å²) in [6.45, 7) is 11.5. The second-order valence-corrected chi connectivity index (χ2v) is 12.1. The van der Waals surface area contributed by atoms with Gasteiger partial charge in [0.05, 0.1) is 17.9 Å². The molecule has 0 saturated heterocycles. The third kappa shape index (κ3) is 8.30. The van der Waals surface area contributed by atoms with E-state index in [1.165, 1.54) is 17.0 Å². The minimum absolute atomic E-state index is 0.0594. The Morgan fingerprint density at radius 2 is 1.56 bits per heavy atom. The minimum atomic E-state index is -4.22. The quantitative estimate of drug-likeness (QED) is 0.503. The molecule has 0 radical (unpaired) electrons. The molecular weight excluding hydrogens is 484 g/mol. The average Bonchev–Trinajstić information content (AvgIpc) is 2.74. The minimum Gasteiger partial charge on any atom is -0.465 e. The van der Waals surface area contributed by atoms with Gasteiger partial charge in [0.15, 0.2) is 0 Å². The summed E-state index contributed by atoms with van der Waals surface area (Å²) in [6, 6.07) is 10.3. The Morgan fingerprint density at radius 1 is 0.944 bits per heavy atom. The first kappa shape index (κ1) is 29.3. The SMILES string of the molecule is CCOC(=O)CN(C(=O)[C@H](CC(=O)OC(C)(C)C)NS(=O)(=O)c1ccc2ccccc2c1)C(C)(C)C.